The molecule has 2 N–H and O–H groups in total. The molecule has 0 aromatic rings. The van der Waals surface area contributed by atoms with E-state index in [1.807, 2.05) is 0 Å². The van der Waals surface area contributed by atoms with Crippen LogP contribution in [0.4, 0.5) is 0 Å². The summed E-state index contributed by atoms with van der Waals surface area (Å²) >= 11 is 0. The zero-order chi connectivity index (χ0) is 14.8. The van der Waals surface area contributed by atoms with E-state index in [-0.39, 0.29) is 12.1 Å². The van der Waals surface area contributed by atoms with Gasteiger partial charge in [0.25, 0.3) is 0 Å². The third kappa shape index (κ3) is 5.34. The molecule has 0 bridgehead atoms. The van der Waals surface area contributed by atoms with E-state index in [0.717, 1.165) is 25.4 Å². The quantitative estimate of drug-likeness (QED) is 0.682. The second-order valence-electron chi connectivity index (χ2n) is 6.37. The molecule has 1 fully saturated rings. The van der Waals surface area contributed by atoms with Crippen molar-refractivity contribution in [1.82, 2.24) is 10.2 Å². The number of aliphatic hydroxyl groups excluding tert-OH is 1. The molecule has 0 spiro atoms. The number of aliphatic hydroxyl groups is 1. The van der Waals surface area contributed by atoms with Crippen LogP contribution >= 0.6 is 0 Å². The van der Waals surface area contributed by atoms with Gasteiger partial charge in [-0.2, -0.15) is 0 Å². The molecule has 2 atom stereocenters. The molecule has 1 heterocycles. The highest BCUT2D eigenvalue weighted by Crippen LogP contribution is 2.22. The summed E-state index contributed by atoms with van der Waals surface area (Å²) in [4.78, 5) is 2.71. The first-order chi connectivity index (χ1) is 9.71. The normalized spacial score (nSPS) is 24.3. The predicted molar refractivity (Wildman–Crippen MR) is 87.1 cm³/mol. The van der Waals surface area contributed by atoms with E-state index >= 15 is 0 Å². The monoisotopic (exact) mass is 284 g/mol. The first-order valence-electron chi connectivity index (χ1n) is 8.81. The zero-order valence-corrected chi connectivity index (χ0v) is 14.0. The van der Waals surface area contributed by atoms with Gasteiger partial charge in [-0.05, 0) is 58.2 Å². The van der Waals surface area contributed by atoms with Crippen molar-refractivity contribution in [3.63, 3.8) is 0 Å². The van der Waals surface area contributed by atoms with Crippen molar-refractivity contribution < 1.29 is 5.11 Å². The van der Waals surface area contributed by atoms with E-state index < -0.39 is 0 Å². The van der Waals surface area contributed by atoms with E-state index in [4.69, 9.17) is 0 Å². The number of nitrogens with zero attached hydrogens (tertiary/aromatic N) is 1. The van der Waals surface area contributed by atoms with Gasteiger partial charge in [0.15, 0.2) is 0 Å². The van der Waals surface area contributed by atoms with E-state index in [0.29, 0.717) is 0 Å². The van der Waals surface area contributed by atoms with Gasteiger partial charge in [0.2, 0.25) is 0 Å². The summed E-state index contributed by atoms with van der Waals surface area (Å²) in [6.45, 7) is 10.3. The average Bonchev–Trinajstić information content (AvgIpc) is 2.71. The molecule has 0 aromatic heterocycles. The molecular formula is C17H36N2O. The van der Waals surface area contributed by atoms with Crippen LogP contribution in [0.15, 0.2) is 0 Å². The second kappa shape index (κ2) is 9.75. The average molecular weight is 284 g/mol. The molecule has 3 nitrogen and oxygen atoms in total. The van der Waals surface area contributed by atoms with Crippen molar-refractivity contribution in [2.45, 2.75) is 83.7 Å². The van der Waals surface area contributed by atoms with Crippen LogP contribution in [0, 0.1) is 0 Å². The molecule has 1 aliphatic heterocycles. The fraction of sp³-hybridized carbons (Fsp3) is 1.00. The first kappa shape index (κ1) is 17.9. The topological polar surface area (TPSA) is 35.5 Å². The Morgan fingerprint density at radius 1 is 1.20 bits per heavy atom. The van der Waals surface area contributed by atoms with E-state index in [9.17, 15) is 5.11 Å². The van der Waals surface area contributed by atoms with E-state index in [2.05, 4.69) is 31.0 Å². The lowest BCUT2D eigenvalue weighted by atomic mass is 9.91. The molecule has 1 rings (SSSR count). The fourth-order valence-electron chi connectivity index (χ4n) is 3.63. The van der Waals surface area contributed by atoms with E-state index in [1.165, 1.54) is 51.6 Å². The highest BCUT2D eigenvalue weighted by molar-refractivity contribution is 4.86. The Labute approximate surface area is 126 Å². The molecule has 0 radical (unpaired) electrons. The van der Waals surface area contributed by atoms with Crippen molar-refractivity contribution in [2.24, 2.45) is 0 Å². The van der Waals surface area contributed by atoms with Crippen LogP contribution in [-0.2, 0) is 0 Å². The number of hydrogen-bond acceptors (Lipinski definition) is 3. The SMILES string of the molecule is CCNC(CC)(CO)CCCN1CCCCCC1CC. The van der Waals surface area contributed by atoms with Crippen molar-refractivity contribution in [1.29, 1.82) is 0 Å². The number of nitrogens with one attached hydrogen (secondary N) is 1. The Morgan fingerprint density at radius 3 is 2.60 bits per heavy atom. The van der Waals surface area contributed by atoms with Crippen LogP contribution in [0.25, 0.3) is 0 Å². The van der Waals surface area contributed by atoms with Crippen molar-refractivity contribution in [3.8, 4) is 0 Å². The van der Waals surface area contributed by atoms with Gasteiger partial charge in [-0.1, -0.05) is 33.6 Å². The molecule has 2 unspecified atom stereocenters. The minimum atomic E-state index is -0.0533. The molecular weight excluding hydrogens is 248 g/mol. The van der Waals surface area contributed by atoms with E-state index in [1.54, 1.807) is 0 Å². The summed E-state index contributed by atoms with van der Waals surface area (Å²) in [5, 5.41) is 13.2. The predicted octanol–water partition coefficient (Wildman–Crippen LogP) is 3.17. The Morgan fingerprint density at radius 2 is 2.00 bits per heavy atom. The number of likely N-dealkylation sites (tertiary alicyclic amines) is 1. The van der Waals surface area contributed by atoms with Gasteiger partial charge in [-0.25, -0.2) is 0 Å². The molecule has 120 valence electrons. The van der Waals surface area contributed by atoms with Crippen LogP contribution in [0.2, 0.25) is 0 Å². The maximum Gasteiger partial charge on any atom is 0.0613 e. The number of likely N-dealkylation sites (N-methyl/N-ethyl adjacent to an activating group) is 1. The summed E-state index contributed by atoms with van der Waals surface area (Å²) in [5.41, 5.74) is -0.0533. The van der Waals surface area contributed by atoms with Crippen molar-refractivity contribution >= 4 is 0 Å². The minimum absolute atomic E-state index is 0.0533. The second-order valence-corrected chi connectivity index (χ2v) is 6.37. The number of rotatable bonds is 9. The van der Waals surface area contributed by atoms with Crippen molar-refractivity contribution in [2.75, 3.05) is 26.2 Å². The molecule has 20 heavy (non-hydrogen) atoms. The lowest BCUT2D eigenvalue weighted by molar-refractivity contribution is 0.132. The molecule has 1 aliphatic rings. The lowest BCUT2D eigenvalue weighted by Crippen LogP contribution is -2.48. The summed E-state index contributed by atoms with van der Waals surface area (Å²) in [6, 6.07) is 0.793. The maximum absolute atomic E-state index is 9.71. The molecule has 3 heteroatoms. The van der Waals surface area contributed by atoms with Gasteiger partial charge in [0.1, 0.15) is 0 Å². The number of hydrogen-bond donors (Lipinski definition) is 2. The van der Waals surface area contributed by atoms with Gasteiger partial charge >= 0.3 is 0 Å². The Hall–Kier alpha value is -0.120. The summed E-state index contributed by atoms with van der Waals surface area (Å²) < 4.78 is 0. The van der Waals surface area contributed by atoms with Crippen LogP contribution in [-0.4, -0.2) is 47.8 Å². The Kier molecular flexibility index (Phi) is 8.74. The third-order valence-electron chi connectivity index (χ3n) is 5.10. The fourth-order valence-corrected chi connectivity index (χ4v) is 3.63. The van der Waals surface area contributed by atoms with Gasteiger partial charge in [0, 0.05) is 11.6 Å². The summed E-state index contributed by atoms with van der Waals surface area (Å²) in [7, 11) is 0. The molecule has 0 aliphatic carbocycles. The minimum Gasteiger partial charge on any atom is -0.394 e. The Bertz CT molecular complexity index is 241. The van der Waals surface area contributed by atoms with Gasteiger partial charge in [0.05, 0.1) is 6.61 Å². The van der Waals surface area contributed by atoms with Gasteiger partial charge in [-0.15, -0.1) is 0 Å². The Balaban J connectivity index is 2.43. The van der Waals surface area contributed by atoms with Crippen LogP contribution in [0.3, 0.4) is 0 Å². The van der Waals surface area contributed by atoms with Gasteiger partial charge < -0.3 is 15.3 Å². The largest absolute Gasteiger partial charge is 0.394 e. The summed E-state index contributed by atoms with van der Waals surface area (Å²) in [5.74, 6) is 0. The van der Waals surface area contributed by atoms with Crippen LogP contribution < -0.4 is 5.32 Å². The smallest absolute Gasteiger partial charge is 0.0613 e. The lowest BCUT2D eigenvalue weighted by Gasteiger charge is -2.34. The standard InChI is InChI=1S/C17H36N2O/c1-4-16-11-8-7-9-13-19(16)14-10-12-17(5-2,15-20)18-6-3/h16,18,20H,4-15H2,1-3H3. The molecule has 0 aromatic carbocycles. The third-order valence-corrected chi connectivity index (χ3v) is 5.10. The molecule has 1 saturated heterocycles. The summed E-state index contributed by atoms with van der Waals surface area (Å²) in [6.07, 6.45) is 10.1. The molecule has 0 saturated carbocycles. The van der Waals surface area contributed by atoms with Crippen LogP contribution in [0.1, 0.15) is 72.1 Å². The molecule has 0 amide bonds. The van der Waals surface area contributed by atoms with Crippen molar-refractivity contribution in [3.05, 3.63) is 0 Å². The first-order valence-corrected chi connectivity index (χ1v) is 8.81. The highest BCUT2D eigenvalue weighted by Gasteiger charge is 2.26. The van der Waals surface area contributed by atoms with Crippen LogP contribution in [0.5, 0.6) is 0 Å². The highest BCUT2D eigenvalue weighted by atomic mass is 16.3. The maximum atomic E-state index is 9.71. The zero-order valence-electron chi connectivity index (χ0n) is 14.0. The van der Waals surface area contributed by atoms with Gasteiger partial charge in [-0.3, -0.25) is 0 Å².